The summed E-state index contributed by atoms with van der Waals surface area (Å²) in [5.41, 5.74) is 0. The maximum atomic E-state index is 5.69. The molecule has 4 aliphatic rings. The summed E-state index contributed by atoms with van der Waals surface area (Å²) in [6.07, 6.45) is 6.86. The fraction of sp³-hybridized carbons (Fsp3) is 1.00. The summed E-state index contributed by atoms with van der Waals surface area (Å²) in [6.45, 7) is 12.0. The smallest absolute Gasteiger partial charge is 0.0991 e. The summed E-state index contributed by atoms with van der Waals surface area (Å²) in [5, 5.41) is 0. The lowest BCUT2D eigenvalue weighted by atomic mass is 9.81. The molecule has 150 valence electrons. The van der Waals surface area contributed by atoms with Gasteiger partial charge in [-0.2, -0.15) is 0 Å². The van der Waals surface area contributed by atoms with Gasteiger partial charge < -0.3 is 18.9 Å². The summed E-state index contributed by atoms with van der Waals surface area (Å²) >= 11 is 0. The Balaban J connectivity index is 1.23. The van der Waals surface area contributed by atoms with Gasteiger partial charge in [-0.3, -0.25) is 9.80 Å². The largest absolute Gasteiger partial charge is 0.372 e. The Labute approximate surface area is 158 Å². The highest BCUT2D eigenvalue weighted by atomic mass is 16.6. The molecule has 1 aliphatic carbocycles. The van der Waals surface area contributed by atoms with Crippen LogP contribution in [0.3, 0.4) is 0 Å². The number of hydrogen-bond acceptors (Lipinski definition) is 6. The van der Waals surface area contributed by atoms with E-state index in [1.807, 2.05) is 0 Å². The third kappa shape index (κ3) is 6.73. The Hall–Kier alpha value is -0.240. The molecule has 4 fully saturated rings. The summed E-state index contributed by atoms with van der Waals surface area (Å²) in [4.78, 5) is 5.08. The Morgan fingerprint density at radius 1 is 0.769 bits per heavy atom. The molecular formula is C20H36N2O4. The van der Waals surface area contributed by atoms with Gasteiger partial charge in [-0.05, 0) is 38.0 Å². The number of epoxide rings is 3. The van der Waals surface area contributed by atoms with E-state index in [9.17, 15) is 0 Å². The van der Waals surface area contributed by atoms with Crippen LogP contribution in [0.1, 0.15) is 32.6 Å². The lowest BCUT2D eigenvalue weighted by Gasteiger charge is -2.35. The number of rotatable bonds is 13. The van der Waals surface area contributed by atoms with E-state index in [1.165, 1.54) is 32.2 Å². The van der Waals surface area contributed by atoms with Gasteiger partial charge in [-0.15, -0.1) is 0 Å². The molecule has 0 aromatic heterocycles. The van der Waals surface area contributed by atoms with Crippen LogP contribution in [0.4, 0.5) is 0 Å². The average molecular weight is 369 g/mol. The molecule has 0 aromatic rings. The lowest BCUT2D eigenvalue weighted by Crippen LogP contribution is -2.40. The van der Waals surface area contributed by atoms with Gasteiger partial charge in [0.15, 0.2) is 0 Å². The van der Waals surface area contributed by atoms with Gasteiger partial charge in [-0.25, -0.2) is 0 Å². The zero-order chi connectivity index (χ0) is 17.8. The van der Waals surface area contributed by atoms with E-state index in [0.29, 0.717) is 18.3 Å². The van der Waals surface area contributed by atoms with Gasteiger partial charge in [0.1, 0.15) is 0 Å². The first kappa shape index (κ1) is 19.1. The van der Waals surface area contributed by atoms with Crippen molar-refractivity contribution in [3.63, 3.8) is 0 Å². The van der Waals surface area contributed by atoms with E-state index in [2.05, 4.69) is 16.7 Å². The molecular weight excluding hydrogens is 332 g/mol. The highest BCUT2D eigenvalue weighted by Gasteiger charge is 2.33. The SMILES string of the molecule is CCOCN(CC1CCCC(CN(CC2CO2)CC2CO2)C1)CC1CO1. The van der Waals surface area contributed by atoms with E-state index in [4.69, 9.17) is 18.9 Å². The molecule has 3 aliphatic heterocycles. The minimum atomic E-state index is 0.447. The Bertz CT molecular complexity index is 412. The van der Waals surface area contributed by atoms with E-state index >= 15 is 0 Å². The summed E-state index contributed by atoms with van der Waals surface area (Å²) in [5.74, 6) is 1.61. The maximum absolute atomic E-state index is 5.69. The summed E-state index contributed by atoms with van der Waals surface area (Å²) in [6, 6.07) is 0. The molecule has 0 N–H and O–H groups in total. The summed E-state index contributed by atoms with van der Waals surface area (Å²) in [7, 11) is 0. The van der Waals surface area contributed by atoms with Gasteiger partial charge in [0.05, 0.1) is 44.9 Å². The average Bonchev–Trinajstić information content (AvgIpc) is 3.45. The highest BCUT2D eigenvalue weighted by Crippen LogP contribution is 2.31. The molecule has 26 heavy (non-hydrogen) atoms. The molecule has 0 radical (unpaired) electrons. The molecule has 6 heteroatoms. The van der Waals surface area contributed by atoms with Crippen LogP contribution in [-0.2, 0) is 18.9 Å². The van der Waals surface area contributed by atoms with Crippen LogP contribution in [0, 0.1) is 11.8 Å². The Kier molecular flexibility index (Phi) is 6.83. The fourth-order valence-corrected chi connectivity index (χ4v) is 4.47. The second-order valence-corrected chi connectivity index (χ2v) is 8.64. The van der Waals surface area contributed by atoms with Crippen LogP contribution in [-0.4, -0.2) is 94.0 Å². The molecule has 0 spiro atoms. The molecule has 5 atom stereocenters. The predicted molar refractivity (Wildman–Crippen MR) is 99.2 cm³/mol. The maximum Gasteiger partial charge on any atom is 0.0991 e. The normalized spacial score (nSPS) is 35.9. The molecule has 3 heterocycles. The third-order valence-corrected chi connectivity index (χ3v) is 5.99. The van der Waals surface area contributed by atoms with Crippen molar-refractivity contribution in [2.75, 3.05) is 65.9 Å². The molecule has 1 saturated carbocycles. The quantitative estimate of drug-likeness (QED) is 0.363. The molecule has 4 rings (SSSR count). The van der Waals surface area contributed by atoms with Crippen molar-refractivity contribution in [2.24, 2.45) is 11.8 Å². The van der Waals surface area contributed by atoms with Crippen molar-refractivity contribution in [3.05, 3.63) is 0 Å². The number of nitrogens with zero attached hydrogens (tertiary/aromatic N) is 2. The fourth-order valence-electron chi connectivity index (χ4n) is 4.47. The zero-order valence-electron chi connectivity index (χ0n) is 16.3. The van der Waals surface area contributed by atoms with E-state index < -0.39 is 0 Å². The topological polar surface area (TPSA) is 53.3 Å². The van der Waals surface area contributed by atoms with Crippen LogP contribution in [0.5, 0.6) is 0 Å². The molecule has 0 amide bonds. The van der Waals surface area contributed by atoms with Crippen LogP contribution in [0.15, 0.2) is 0 Å². The van der Waals surface area contributed by atoms with Gasteiger partial charge in [0.25, 0.3) is 0 Å². The van der Waals surface area contributed by atoms with Crippen molar-refractivity contribution in [1.29, 1.82) is 0 Å². The monoisotopic (exact) mass is 368 g/mol. The van der Waals surface area contributed by atoms with Crippen LogP contribution >= 0.6 is 0 Å². The van der Waals surface area contributed by atoms with Crippen LogP contribution in [0.25, 0.3) is 0 Å². The second-order valence-electron chi connectivity index (χ2n) is 8.64. The molecule has 0 aromatic carbocycles. The Morgan fingerprint density at radius 2 is 1.27 bits per heavy atom. The molecule has 6 nitrogen and oxygen atoms in total. The van der Waals surface area contributed by atoms with Gasteiger partial charge in [0.2, 0.25) is 0 Å². The van der Waals surface area contributed by atoms with Gasteiger partial charge >= 0.3 is 0 Å². The van der Waals surface area contributed by atoms with E-state index in [0.717, 1.165) is 71.2 Å². The van der Waals surface area contributed by atoms with Crippen molar-refractivity contribution in [3.8, 4) is 0 Å². The third-order valence-electron chi connectivity index (χ3n) is 5.99. The lowest BCUT2D eigenvalue weighted by molar-refractivity contribution is 0.0160. The zero-order valence-corrected chi connectivity index (χ0v) is 16.3. The van der Waals surface area contributed by atoms with E-state index in [-0.39, 0.29) is 0 Å². The summed E-state index contributed by atoms with van der Waals surface area (Å²) < 4.78 is 22.1. The number of hydrogen-bond donors (Lipinski definition) is 0. The molecule has 5 unspecified atom stereocenters. The van der Waals surface area contributed by atoms with Crippen molar-refractivity contribution in [1.82, 2.24) is 9.80 Å². The Morgan fingerprint density at radius 3 is 1.77 bits per heavy atom. The first-order valence-corrected chi connectivity index (χ1v) is 10.7. The van der Waals surface area contributed by atoms with Gasteiger partial charge in [0, 0.05) is 39.3 Å². The molecule has 0 bridgehead atoms. The van der Waals surface area contributed by atoms with Crippen molar-refractivity contribution < 1.29 is 18.9 Å². The first-order valence-electron chi connectivity index (χ1n) is 10.7. The van der Waals surface area contributed by atoms with E-state index in [1.54, 1.807) is 0 Å². The van der Waals surface area contributed by atoms with Crippen LogP contribution in [0.2, 0.25) is 0 Å². The minimum Gasteiger partial charge on any atom is -0.372 e. The highest BCUT2D eigenvalue weighted by molar-refractivity contribution is 4.84. The van der Waals surface area contributed by atoms with Crippen molar-refractivity contribution >= 4 is 0 Å². The minimum absolute atomic E-state index is 0.447. The van der Waals surface area contributed by atoms with Crippen molar-refractivity contribution in [2.45, 2.75) is 50.9 Å². The molecule has 3 saturated heterocycles. The standard InChI is InChI=1S/C20H36N2O4/c1-2-23-15-22(11-20-14-26-20)8-17-5-3-4-16(6-17)7-21(9-18-12-24-18)10-19-13-25-19/h16-20H,2-15H2,1H3. The van der Waals surface area contributed by atoms with Gasteiger partial charge in [-0.1, -0.05) is 6.42 Å². The van der Waals surface area contributed by atoms with Crippen LogP contribution < -0.4 is 0 Å². The number of ether oxygens (including phenoxy) is 4. The first-order chi connectivity index (χ1) is 12.8. The second kappa shape index (κ2) is 9.30. The predicted octanol–water partition coefficient (Wildman–Crippen LogP) is 1.59.